The van der Waals surface area contributed by atoms with Crippen molar-refractivity contribution in [3.05, 3.63) is 131 Å². The normalized spacial score (nSPS) is 10.8. The first-order valence-corrected chi connectivity index (χ1v) is 11.3. The van der Waals surface area contributed by atoms with Gasteiger partial charge in [0.15, 0.2) is 0 Å². The first-order valence-electron chi connectivity index (χ1n) is 11.3. The molecule has 0 aromatic heterocycles. The summed E-state index contributed by atoms with van der Waals surface area (Å²) < 4.78 is 25.0. The molecule has 0 radical (unpaired) electrons. The zero-order valence-corrected chi connectivity index (χ0v) is 19.4. The number of carbonyl (C=O) groups excluding carboxylic acids is 1. The highest BCUT2D eigenvalue weighted by Crippen LogP contribution is 2.23. The van der Waals surface area contributed by atoms with Crippen LogP contribution in [0.25, 0.3) is 6.08 Å². The van der Waals surface area contributed by atoms with Crippen LogP contribution in [0.15, 0.2) is 109 Å². The second-order valence-electron chi connectivity index (χ2n) is 7.88. The zero-order chi connectivity index (χ0) is 25.2. The Hall–Kier alpha value is -4.89. The summed E-state index contributed by atoms with van der Waals surface area (Å²) in [5.41, 5.74) is 2.73. The Labute approximate surface area is 209 Å². The van der Waals surface area contributed by atoms with Gasteiger partial charge in [0.2, 0.25) is 0 Å². The highest BCUT2D eigenvalue weighted by Gasteiger charge is 2.12. The van der Waals surface area contributed by atoms with Crippen LogP contribution in [0, 0.1) is 17.1 Å². The average Bonchev–Trinajstić information content (AvgIpc) is 2.91. The fraction of sp³-hybridized carbons (Fsp3) is 0.0667. The Balaban J connectivity index is 1.40. The van der Waals surface area contributed by atoms with Crippen LogP contribution in [-0.2, 0) is 18.0 Å². The fourth-order valence-electron chi connectivity index (χ4n) is 3.40. The minimum absolute atomic E-state index is 0.0822. The van der Waals surface area contributed by atoms with E-state index in [0.717, 1.165) is 5.56 Å². The van der Waals surface area contributed by atoms with Gasteiger partial charge >= 0.3 is 0 Å². The molecule has 5 nitrogen and oxygen atoms in total. The Morgan fingerprint density at radius 1 is 0.833 bits per heavy atom. The van der Waals surface area contributed by atoms with E-state index in [0.29, 0.717) is 34.9 Å². The predicted molar refractivity (Wildman–Crippen MR) is 137 cm³/mol. The van der Waals surface area contributed by atoms with Gasteiger partial charge in [-0.3, -0.25) is 4.79 Å². The number of hydrogen-bond acceptors (Lipinski definition) is 4. The SMILES string of the molecule is N#C/C(=C\c1ccccc1OCc1cccc(F)c1)C(=O)Nc1ccc(OCc2ccccc2)cc1. The van der Waals surface area contributed by atoms with E-state index in [9.17, 15) is 14.4 Å². The van der Waals surface area contributed by atoms with Gasteiger partial charge in [-0.2, -0.15) is 5.26 Å². The molecule has 0 fully saturated rings. The van der Waals surface area contributed by atoms with Crippen LogP contribution in [0.1, 0.15) is 16.7 Å². The highest BCUT2D eigenvalue weighted by molar-refractivity contribution is 6.09. The van der Waals surface area contributed by atoms with E-state index in [2.05, 4.69) is 5.32 Å². The summed E-state index contributed by atoms with van der Waals surface area (Å²) in [4.78, 5) is 12.8. The molecule has 4 aromatic rings. The Morgan fingerprint density at radius 2 is 1.53 bits per heavy atom. The van der Waals surface area contributed by atoms with Crippen molar-refractivity contribution in [2.24, 2.45) is 0 Å². The number of halogens is 1. The van der Waals surface area contributed by atoms with E-state index >= 15 is 0 Å². The van der Waals surface area contributed by atoms with Crippen molar-refractivity contribution < 1.29 is 18.7 Å². The monoisotopic (exact) mass is 478 g/mol. The van der Waals surface area contributed by atoms with Gasteiger partial charge in [0, 0.05) is 11.3 Å². The summed E-state index contributed by atoms with van der Waals surface area (Å²) in [6, 6.07) is 31.8. The number of carbonyl (C=O) groups is 1. The molecule has 0 saturated carbocycles. The first-order chi connectivity index (χ1) is 17.6. The molecule has 0 aliphatic heterocycles. The molecule has 36 heavy (non-hydrogen) atoms. The third kappa shape index (κ3) is 6.81. The van der Waals surface area contributed by atoms with Crippen molar-refractivity contribution in [3.8, 4) is 17.6 Å². The number of benzene rings is 4. The van der Waals surface area contributed by atoms with Crippen LogP contribution in [0.5, 0.6) is 11.5 Å². The van der Waals surface area contributed by atoms with Crippen molar-refractivity contribution in [1.29, 1.82) is 5.26 Å². The van der Waals surface area contributed by atoms with E-state index in [1.54, 1.807) is 60.7 Å². The van der Waals surface area contributed by atoms with Crippen molar-refractivity contribution >= 4 is 17.7 Å². The number of amides is 1. The summed E-state index contributed by atoms with van der Waals surface area (Å²) in [5, 5.41) is 12.3. The van der Waals surface area contributed by atoms with Crippen LogP contribution in [-0.4, -0.2) is 5.91 Å². The lowest BCUT2D eigenvalue weighted by Crippen LogP contribution is -2.13. The standard InChI is InChI=1S/C30H23FN2O3/c31-26-11-6-9-23(17-26)21-36-29-12-5-4-10-24(29)18-25(19-32)30(34)33-27-13-15-28(16-14-27)35-20-22-7-2-1-3-8-22/h1-18H,20-21H2,(H,33,34)/b25-18+. The van der Waals surface area contributed by atoms with Crippen LogP contribution in [0.2, 0.25) is 0 Å². The molecule has 0 aliphatic carbocycles. The molecule has 0 bridgehead atoms. The van der Waals surface area contributed by atoms with Gasteiger partial charge in [-0.25, -0.2) is 4.39 Å². The lowest BCUT2D eigenvalue weighted by molar-refractivity contribution is -0.112. The van der Waals surface area contributed by atoms with E-state index in [-0.39, 0.29) is 18.0 Å². The molecule has 0 aliphatic rings. The molecule has 0 saturated heterocycles. The number of hydrogen-bond donors (Lipinski definition) is 1. The summed E-state index contributed by atoms with van der Waals surface area (Å²) >= 11 is 0. The van der Waals surface area contributed by atoms with E-state index in [1.807, 2.05) is 36.4 Å². The van der Waals surface area contributed by atoms with Crippen LogP contribution in [0.3, 0.4) is 0 Å². The molecule has 0 heterocycles. The van der Waals surface area contributed by atoms with Crippen molar-refractivity contribution in [1.82, 2.24) is 0 Å². The number of nitrogens with zero attached hydrogens (tertiary/aromatic N) is 1. The molecule has 0 spiro atoms. The molecule has 4 rings (SSSR count). The maximum absolute atomic E-state index is 13.4. The summed E-state index contributed by atoms with van der Waals surface area (Å²) in [6.07, 6.45) is 1.47. The molecular formula is C30H23FN2O3. The van der Waals surface area contributed by atoms with Gasteiger partial charge in [0.25, 0.3) is 5.91 Å². The fourth-order valence-corrected chi connectivity index (χ4v) is 3.40. The van der Waals surface area contributed by atoms with Crippen LogP contribution < -0.4 is 14.8 Å². The van der Waals surface area contributed by atoms with E-state index in [4.69, 9.17) is 9.47 Å². The van der Waals surface area contributed by atoms with Crippen molar-refractivity contribution in [2.75, 3.05) is 5.32 Å². The molecule has 1 amide bonds. The quantitative estimate of drug-likeness (QED) is 0.219. The van der Waals surface area contributed by atoms with Gasteiger partial charge in [0.05, 0.1) is 0 Å². The average molecular weight is 479 g/mol. The highest BCUT2D eigenvalue weighted by atomic mass is 19.1. The second kappa shape index (κ2) is 12.0. The lowest BCUT2D eigenvalue weighted by Gasteiger charge is -2.10. The smallest absolute Gasteiger partial charge is 0.266 e. The molecule has 178 valence electrons. The number of ether oxygens (including phenoxy) is 2. The third-order valence-corrected chi connectivity index (χ3v) is 5.23. The van der Waals surface area contributed by atoms with Gasteiger partial charge in [0.1, 0.15) is 42.2 Å². The lowest BCUT2D eigenvalue weighted by atomic mass is 10.1. The maximum Gasteiger partial charge on any atom is 0.266 e. The van der Waals surface area contributed by atoms with Gasteiger partial charge < -0.3 is 14.8 Å². The summed E-state index contributed by atoms with van der Waals surface area (Å²) in [7, 11) is 0. The first kappa shape index (κ1) is 24.2. The van der Waals surface area contributed by atoms with Crippen molar-refractivity contribution in [3.63, 3.8) is 0 Å². The van der Waals surface area contributed by atoms with Gasteiger partial charge in [-0.1, -0.05) is 60.7 Å². The Morgan fingerprint density at radius 3 is 2.28 bits per heavy atom. The molecular weight excluding hydrogens is 455 g/mol. The zero-order valence-electron chi connectivity index (χ0n) is 19.4. The maximum atomic E-state index is 13.4. The predicted octanol–water partition coefficient (Wildman–Crippen LogP) is 6.53. The van der Waals surface area contributed by atoms with Crippen molar-refractivity contribution in [2.45, 2.75) is 13.2 Å². The topological polar surface area (TPSA) is 71.3 Å². The molecule has 0 unspecified atom stereocenters. The van der Waals surface area contributed by atoms with Gasteiger partial charge in [-0.15, -0.1) is 0 Å². The number of nitriles is 1. The largest absolute Gasteiger partial charge is 0.489 e. The third-order valence-electron chi connectivity index (χ3n) is 5.23. The Kier molecular flexibility index (Phi) is 8.08. The number of nitrogens with one attached hydrogen (secondary N) is 1. The van der Waals surface area contributed by atoms with Gasteiger partial charge in [-0.05, 0) is 59.7 Å². The minimum Gasteiger partial charge on any atom is -0.489 e. The van der Waals surface area contributed by atoms with E-state index < -0.39 is 5.91 Å². The molecule has 6 heteroatoms. The molecule has 0 atom stereocenters. The van der Waals surface area contributed by atoms with Crippen LogP contribution in [0.4, 0.5) is 10.1 Å². The summed E-state index contributed by atoms with van der Waals surface area (Å²) in [5.74, 6) is 0.249. The molecule has 4 aromatic carbocycles. The van der Waals surface area contributed by atoms with E-state index in [1.165, 1.54) is 18.2 Å². The second-order valence-corrected chi connectivity index (χ2v) is 7.88. The minimum atomic E-state index is -0.546. The van der Waals surface area contributed by atoms with Crippen LogP contribution >= 0.6 is 0 Å². The number of rotatable bonds is 9. The summed E-state index contributed by atoms with van der Waals surface area (Å²) in [6.45, 7) is 0.587. The number of anilines is 1. The Bertz CT molecular complexity index is 1390. The molecule has 1 N–H and O–H groups in total. The number of para-hydroxylation sites is 1.